The highest BCUT2D eigenvalue weighted by Crippen LogP contribution is 2.24. The van der Waals surface area contributed by atoms with Crippen LogP contribution in [0.15, 0.2) is 29.5 Å². The fourth-order valence-electron chi connectivity index (χ4n) is 2.56. The van der Waals surface area contributed by atoms with E-state index in [-0.39, 0.29) is 29.8 Å². The van der Waals surface area contributed by atoms with Crippen LogP contribution in [0.5, 0.6) is 0 Å². The van der Waals surface area contributed by atoms with Gasteiger partial charge in [-0.05, 0) is 42.5 Å². The van der Waals surface area contributed by atoms with Gasteiger partial charge in [-0.15, -0.1) is 29.1 Å². The van der Waals surface area contributed by atoms with E-state index in [9.17, 15) is 0 Å². The van der Waals surface area contributed by atoms with Gasteiger partial charge in [0.15, 0.2) is 5.96 Å². The maximum Gasteiger partial charge on any atom is 0.252 e. The molecule has 0 saturated carbocycles. The number of rotatable bonds is 4. The molecule has 0 unspecified atom stereocenters. The van der Waals surface area contributed by atoms with E-state index in [1.807, 2.05) is 12.1 Å². The molecule has 0 radical (unpaired) electrons. The molecule has 1 aromatic heterocycles. The zero-order valence-corrected chi connectivity index (χ0v) is 14.9. The second-order valence-corrected chi connectivity index (χ2v) is 5.17. The van der Waals surface area contributed by atoms with E-state index in [4.69, 9.17) is 11.0 Å². The Morgan fingerprint density at radius 3 is 3.00 bits per heavy atom. The van der Waals surface area contributed by atoms with Gasteiger partial charge in [-0.3, -0.25) is 4.99 Å². The van der Waals surface area contributed by atoms with Gasteiger partial charge in [0.05, 0.1) is 13.1 Å². The van der Waals surface area contributed by atoms with Crippen LogP contribution in [0.3, 0.4) is 0 Å². The molecule has 1 aliphatic carbocycles. The number of benzene rings is 1. The van der Waals surface area contributed by atoms with Crippen molar-refractivity contribution in [2.75, 3.05) is 11.9 Å². The first-order chi connectivity index (χ1) is 10.7. The van der Waals surface area contributed by atoms with Gasteiger partial charge in [-0.2, -0.15) is 5.26 Å². The highest BCUT2D eigenvalue weighted by atomic mass is 127. The molecule has 23 heavy (non-hydrogen) atoms. The third kappa shape index (κ3) is 4.41. The molecule has 120 valence electrons. The van der Waals surface area contributed by atoms with E-state index >= 15 is 0 Å². The Hall–Kier alpha value is -2.15. The number of nitrogens with two attached hydrogens (primary N) is 1. The number of hydrogen-bond donors (Lipinski definition) is 2. The molecule has 7 nitrogen and oxygen atoms in total. The van der Waals surface area contributed by atoms with Crippen LogP contribution in [0.2, 0.25) is 0 Å². The fraction of sp³-hybridized carbons (Fsp3) is 0.333. The molecular weight excluding hydrogens is 405 g/mol. The number of hydrogen-bond acceptors (Lipinski definition) is 4. The van der Waals surface area contributed by atoms with Crippen LogP contribution in [0, 0.1) is 11.3 Å². The van der Waals surface area contributed by atoms with Crippen LogP contribution in [0.25, 0.3) is 0 Å². The summed E-state index contributed by atoms with van der Waals surface area (Å²) in [5.41, 5.74) is 9.68. The van der Waals surface area contributed by atoms with Crippen LogP contribution in [-0.2, 0) is 19.4 Å². The lowest BCUT2D eigenvalue weighted by Gasteiger charge is -2.08. The predicted octanol–water partition coefficient (Wildman–Crippen LogP) is 1.68. The van der Waals surface area contributed by atoms with Crippen molar-refractivity contribution >= 4 is 35.6 Å². The molecular formula is C15H18IN7. The average molecular weight is 423 g/mol. The van der Waals surface area contributed by atoms with E-state index < -0.39 is 0 Å². The Labute approximate surface area is 151 Å². The minimum Gasteiger partial charge on any atom is -0.370 e. The minimum absolute atomic E-state index is 0. The van der Waals surface area contributed by atoms with Crippen molar-refractivity contribution in [2.45, 2.75) is 25.8 Å². The third-order valence-corrected chi connectivity index (χ3v) is 3.62. The largest absolute Gasteiger partial charge is 0.370 e. The molecule has 8 heteroatoms. The number of nitrogens with one attached hydrogen (secondary N) is 1. The molecule has 2 aromatic rings. The maximum atomic E-state index is 8.65. The van der Waals surface area contributed by atoms with E-state index in [0.29, 0.717) is 19.0 Å². The zero-order chi connectivity index (χ0) is 15.4. The van der Waals surface area contributed by atoms with Crippen LogP contribution >= 0.6 is 24.0 Å². The van der Waals surface area contributed by atoms with Gasteiger partial charge in [0.1, 0.15) is 12.4 Å². The predicted molar refractivity (Wildman–Crippen MR) is 98.7 cm³/mol. The smallest absolute Gasteiger partial charge is 0.252 e. The quantitative estimate of drug-likeness (QED) is 0.443. The lowest BCUT2D eigenvalue weighted by molar-refractivity contribution is 0.622. The van der Waals surface area contributed by atoms with E-state index in [2.05, 4.69) is 32.5 Å². The van der Waals surface area contributed by atoms with Crippen molar-refractivity contribution in [3.63, 3.8) is 0 Å². The Kier molecular flexibility index (Phi) is 5.92. The Balaban J connectivity index is 0.00000192. The van der Waals surface area contributed by atoms with Crippen LogP contribution in [0.1, 0.15) is 23.4 Å². The molecule has 0 aliphatic heterocycles. The van der Waals surface area contributed by atoms with Gasteiger partial charge in [0, 0.05) is 5.69 Å². The second-order valence-electron chi connectivity index (χ2n) is 5.17. The summed E-state index contributed by atoms with van der Waals surface area (Å²) in [6, 6.07) is 8.20. The fourth-order valence-corrected chi connectivity index (χ4v) is 2.56. The molecule has 3 rings (SSSR count). The number of fused-ring (bicyclic) bond motifs is 1. The first-order valence-corrected chi connectivity index (χ1v) is 7.23. The first-order valence-electron chi connectivity index (χ1n) is 7.23. The Bertz CT molecular complexity index is 745. The van der Waals surface area contributed by atoms with Gasteiger partial charge in [-0.25, -0.2) is 9.67 Å². The van der Waals surface area contributed by atoms with E-state index in [1.165, 1.54) is 30.3 Å². The summed E-state index contributed by atoms with van der Waals surface area (Å²) < 4.78 is 1.57. The summed E-state index contributed by atoms with van der Waals surface area (Å²) in [6.45, 7) is 0.999. The van der Waals surface area contributed by atoms with Gasteiger partial charge in [0.25, 0.3) is 5.82 Å². The van der Waals surface area contributed by atoms with Crippen LogP contribution < -0.4 is 11.1 Å². The van der Waals surface area contributed by atoms with Crippen molar-refractivity contribution in [1.29, 1.82) is 5.26 Å². The molecule has 3 N–H and O–H groups in total. The summed E-state index contributed by atoms with van der Waals surface area (Å²) in [5.74, 6) is 0.534. The highest BCUT2D eigenvalue weighted by Gasteiger charge is 2.10. The van der Waals surface area contributed by atoms with Crippen molar-refractivity contribution in [3.05, 3.63) is 41.5 Å². The molecule has 1 aliphatic rings. The number of aliphatic imine (C=N–C) groups is 1. The lowest BCUT2D eigenvalue weighted by atomic mass is 10.1. The Morgan fingerprint density at radius 1 is 1.39 bits per heavy atom. The van der Waals surface area contributed by atoms with Crippen molar-refractivity contribution < 1.29 is 0 Å². The molecule has 1 heterocycles. The number of aryl methyl sites for hydroxylation is 2. The maximum absolute atomic E-state index is 8.65. The van der Waals surface area contributed by atoms with Crippen molar-refractivity contribution in [3.8, 4) is 6.07 Å². The minimum atomic E-state index is 0. The monoisotopic (exact) mass is 423 g/mol. The molecule has 0 amide bonds. The number of halogens is 1. The first kappa shape index (κ1) is 17.2. The number of aromatic nitrogens is 3. The summed E-state index contributed by atoms with van der Waals surface area (Å²) in [7, 11) is 0. The zero-order valence-electron chi connectivity index (χ0n) is 12.6. The lowest BCUT2D eigenvalue weighted by Crippen LogP contribution is -2.23. The summed E-state index contributed by atoms with van der Waals surface area (Å²) in [4.78, 5) is 8.08. The summed E-state index contributed by atoms with van der Waals surface area (Å²) in [5, 5.41) is 15.7. The van der Waals surface area contributed by atoms with Gasteiger partial charge >= 0.3 is 0 Å². The summed E-state index contributed by atoms with van der Waals surface area (Å²) >= 11 is 0. The topological polar surface area (TPSA) is 105 Å². The Morgan fingerprint density at radius 2 is 2.22 bits per heavy atom. The van der Waals surface area contributed by atoms with Crippen LogP contribution in [0.4, 0.5) is 5.69 Å². The standard InChI is InChI=1S/C15H17N7.HI/c16-9-14-19-10-22(21-14)7-6-18-15(17)20-13-5-4-11-2-1-3-12(11)8-13;/h4-5,8,10H,1-3,6-7H2,(H3,17,18,20);1H. The number of guanidine groups is 1. The van der Waals surface area contributed by atoms with Gasteiger partial charge in [0.2, 0.25) is 0 Å². The molecule has 0 atom stereocenters. The van der Waals surface area contributed by atoms with Gasteiger partial charge in [-0.1, -0.05) is 6.07 Å². The molecule has 0 spiro atoms. The molecule has 0 bridgehead atoms. The van der Waals surface area contributed by atoms with Gasteiger partial charge < -0.3 is 11.1 Å². The molecule has 1 aromatic carbocycles. The summed E-state index contributed by atoms with van der Waals surface area (Å²) in [6.07, 6.45) is 5.04. The number of nitrogens with zero attached hydrogens (tertiary/aromatic N) is 5. The average Bonchev–Trinajstić information content (AvgIpc) is 3.15. The normalized spacial score (nSPS) is 13.1. The SMILES string of the molecule is I.N#Cc1ncn(CCN=C(N)Nc2ccc3c(c2)CCC3)n1. The molecule has 0 saturated heterocycles. The van der Waals surface area contributed by atoms with Crippen molar-refractivity contribution in [2.24, 2.45) is 10.7 Å². The second kappa shape index (κ2) is 7.92. The highest BCUT2D eigenvalue weighted by molar-refractivity contribution is 14.0. The van der Waals surface area contributed by atoms with Crippen LogP contribution in [-0.4, -0.2) is 27.3 Å². The number of anilines is 1. The van der Waals surface area contributed by atoms with E-state index in [0.717, 1.165) is 12.1 Å². The van der Waals surface area contributed by atoms with Crippen molar-refractivity contribution in [1.82, 2.24) is 14.8 Å². The third-order valence-electron chi connectivity index (χ3n) is 3.62. The number of nitriles is 1. The van der Waals surface area contributed by atoms with E-state index in [1.54, 1.807) is 4.68 Å². The molecule has 0 fully saturated rings.